The monoisotopic (exact) mass is 373 g/mol. The second kappa shape index (κ2) is 7.08. The molecule has 0 atom stereocenters. The Kier molecular flexibility index (Phi) is 4.85. The smallest absolute Gasteiger partial charge is 0.269 e. The minimum absolute atomic E-state index is 0.0384. The van der Waals surface area contributed by atoms with E-state index >= 15 is 0 Å². The van der Waals surface area contributed by atoms with Crippen molar-refractivity contribution in [3.05, 3.63) is 46.3 Å². The number of thioether (sulfide) groups is 1. The molecule has 134 valence electrons. The Morgan fingerprint density at radius 1 is 1.15 bits per heavy atom. The first-order valence-electron chi connectivity index (χ1n) is 7.91. The van der Waals surface area contributed by atoms with Gasteiger partial charge in [-0.1, -0.05) is 13.8 Å². The molecule has 1 aliphatic heterocycles. The molecule has 0 bridgehead atoms. The third kappa shape index (κ3) is 3.10. The Labute approximate surface area is 152 Å². The van der Waals surface area contributed by atoms with Crippen LogP contribution in [0.5, 0.6) is 0 Å². The van der Waals surface area contributed by atoms with Gasteiger partial charge in [-0.15, -0.1) is 0 Å². The lowest BCUT2D eigenvalue weighted by atomic mass is 10.2. The van der Waals surface area contributed by atoms with Gasteiger partial charge in [-0.2, -0.15) is 10.1 Å². The van der Waals surface area contributed by atoms with Crippen LogP contribution in [0.3, 0.4) is 0 Å². The molecular formula is C16H15N5O4S. The number of fused-ring (bicyclic) bond motifs is 1. The lowest BCUT2D eigenvalue weighted by molar-refractivity contribution is -0.384. The van der Waals surface area contributed by atoms with Gasteiger partial charge in [0.15, 0.2) is 5.82 Å². The number of nitro groups is 1. The van der Waals surface area contributed by atoms with Gasteiger partial charge >= 0.3 is 0 Å². The van der Waals surface area contributed by atoms with Gasteiger partial charge in [-0.25, -0.2) is 4.98 Å². The van der Waals surface area contributed by atoms with Crippen LogP contribution in [0.4, 0.5) is 11.5 Å². The van der Waals surface area contributed by atoms with E-state index in [0.717, 1.165) is 0 Å². The lowest BCUT2D eigenvalue weighted by Gasteiger charge is -2.22. The number of amides is 1. The summed E-state index contributed by atoms with van der Waals surface area (Å²) in [4.78, 5) is 38.9. The summed E-state index contributed by atoms with van der Waals surface area (Å²) >= 11 is 1.20. The number of non-ortho nitro benzene ring substituents is 1. The zero-order chi connectivity index (χ0) is 18.8. The number of hydrogen-bond donors (Lipinski definition) is 0. The Hall–Kier alpha value is -3.01. The third-order valence-corrected chi connectivity index (χ3v) is 4.81. The minimum atomic E-state index is -0.486. The van der Waals surface area contributed by atoms with Gasteiger partial charge in [0.05, 0.1) is 4.92 Å². The summed E-state index contributed by atoms with van der Waals surface area (Å²) < 4.78 is 1.40. The van der Waals surface area contributed by atoms with Crippen LogP contribution < -0.4 is 5.01 Å². The van der Waals surface area contributed by atoms with Crippen LogP contribution in [-0.2, 0) is 4.79 Å². The SMILES string of the molecule is CCC(=O)N1N=C(c2ccc([N+](=O)[O-])cc2)Sc2c1ncn2C(=O)CC. The van der Waals surface area contributed by atoms with E-state index in [-0.39, 0.29) is 30.3 Å². The van der Waals surface area contributed by atoms with Gasteiger partial charge in [-0.05, 0) is 23.9 Å². The van der Waals surface area contributed by atoms with Gasteiger partial charge in [-0.3, -0.25) is 24.3 Å². The molecule has 1 aromatic heterocycles. The van der Waals surface area contributed by atoms with Crippen LogP contribution >= 0.6 is 11.8 Å². The first-order chi connectivity index (χ1) is 12.5. The maximum Gasteiger partial charge on any atom is 0.269 e. The van der Waals surface area contributed by atoms with E-state index in [1.807, 2.05) is 0 Å². The number of aromatic nitrogens is 2. The number of anilines is 1. The molecule has 10 heteroatoms. The van der Waals surface area contributed by atoms with Crippen LogP contribution in [0.15, 0.2) is 40.7 Å². The summed E-state index contributed by atoms with van der Waals surface area (Å²) in [5, 5.41) is 17.3. The van der Waals surface area contributed by atoms with Gasteiger partial charge in [0.1, 0.15) is 16.4 Å². The summed E-state index contributed by atoms with van der Waals surface area (Å²) in [6.07, 6.45) is 1.89. The molecule has 0 aliphatic carbocycles. The quantitative estimate of drug-likeness (QED) is 0.601. The lowest BCUT2D eigenvalue weighted by Crippen LogP contribution is -2.29. The molecule has 0 saturated heterocycles. The second-order valence-corrected chi connectivity index (χ2v) is 6.34. The third-order valence-electron chi connectivity index (χ3n) is 3.73. The zero-order valence-corrected chi connectivity index (χ0v) is 14.9. The Morgan fingerprint density at radius 3 is 2.38 bits per heavy atom. The molecule has 0 radical (unpaired) electrons. The number of benzene rings is 1. The Bertz CT molecular complexity index is 919. The molecule has 0 fully saturated rings. The largest absolute Gasteiger partial charge is 0.274 e. The Morgan fingerprint density at radius 2 is 1.81 bits per heavy atom. The van der Waals surface area contributed by atoms with E-state index in [0.29, 0.717) is 21.5 Å². The first-order valence-corrected chi connectivity index (χ1v) is 8.72. The number of carbonyl (C=O) groups is 2. The molecule has 1 aromatic carbocycles. The van der Waals surface area contributed by atoms with E-state index in [1.165, 1.54) is 39.8 Å². The van der Waals surface area contributed by atoms with Gasteiger partial charge < -0.3 is 0 Å². The van der Waals surface area contributed by atoms with E-state index in [2.05, 4.69) is 10.1 Å². The van der Waals surface area contributed by atoms with Gasteiger partial charge in [0, 0.05) is 30.5 Å². The average molecular weight is 373 g/mol. The molecule has 1 aliphatic rings. The highest BCUT2D eigenvalue weighted by Crippen LogP contribution is 2.37. The number of hydrogen-bond acceptors (Lipinski definition) is 7. The summed E-state index contributed by atoms with van der Waals surface area (Å²) in [5.74, 6) is -0.102. The van der Waals surface area contributed by atoms with E-state index < -0.39 is 4.92 Å². The van der Waals surface area contributed by atoms with Crippen LogP contribution in [0, 0.1) is 10.1 Å². The number of nitro benzene ring substituents is 1. The highest BCUT2D eigenvalue weighted by Gasteiger charge is 2.30. The molecule has 0 N–H and O–H groups in total. The molecule has 9 nitrogen and oxygen atoms in total. The van der Waals surface area contributed by atoms with Crippen molar-refractivity contribution in [3.63, 3.8) is 0 Å². The maximum atomic E-state index is 12.3. The fourth-order valence-electron chi connectivity index (χ4n) is 2.33. The van der Waals surface area contributed by atoms with Gasteiger partial charge in [0.2, 0.25) is 11.8 Å². The fourth-order valence-corrected chi connectivity index (χ4v) is 3.37. The normalized spacial score (nSPS) is 13.2. The Balaban J connectivity index is 2.05. The van der Waals surface area contributed by atoms with Crippen molar-refractivity contribution in [1.82, 2.24) is 9.55 Å². The van der Waals surface area contributed by atoms with Crippen molar-refractivity contribution in [2.75, 3.05) is 5.01 Å². The second-order valence-electron chi connectivity index (χ2n) is 5.36. The predicted molar refractivity (Wildman–Crippen MR) is 96.4 cm³/mol. The minimum Gasteiger partial charge on any atom is -0.274 e. The van der Waals surface area contributed by atoms with Crippen molar-refractivity contribution in [2.24, 2.45) is 5.10 Å². The van der Waals surface area contributed by atoms with E-state index in [9.17, 15) is 19.7 Å². The summed E-state index contributed by atoms with van der Waals surface area (Å²) in [7, 11) is 0. The van der Waals surface area contributed by atoms with Crippen molar-refractivity contribution in [1.29, 1.82) is 0 Å². The van der Waals surface area contributed by atoms with Crippen LogP contribution in [-0.4, -0.2) is 31.3 Å². The summed E-state index contributed by atoms with van der Waals surface area (Å²) in [5.41, 5.74) is 0.570. The number of rotatable bonds is 4. The molecule has 3 rings (SSSR count). The summed E-state index contributed by atoms with van der Waals surface area (Å²) in [6.45, 7) is 3.45. The van der Waals surface area contributed by atoms with Crippen LogP contribution in [0.1, 0.15) is 37.0 Å². The molecule has 2 aromatic rings. The molecule has 0 spiro atoms. The van der Waals surface area contributed by atoms with E-state index in [4.69, 9.17) is 0 Å². The highest BCUT2D eigenvalue weighted by molar-refractivity contribution is 8.14. The van der Waals surface area contributed by atoms with Gasteiger partial charge in [0.25, 0.3) is 5.69 Å². The predicted octanol–water partition coefficient (Wildman–Crippen LogP) is 3.05. The average Bonchev–Trinajstić information content (AvgIpc) is 3.10. The fraction of sp³-hybridized carbons (Fsp3) is 0.250. The molecule has 0 saturated carbocycles. The number of imidazole rings is 1. The van der Waals surface area contributed by atoms with Crippen LogP contribution in [0.25, 0.3) is 0 Å². The van der Waals surface area contributed by atoms with E-state index in [1.54, 1.807) is 26.0 Å². The van der Waals surface area contributed by atoms with Crippen molar-refractivity contribution in [3.8, 4) is 0 Å². The summed E-state index contributed by atoms with van der Waals surface area (Å²) in [6, 6.07) is 5.86. The first kappa shape index (κ1) is 17.8. The van der Waals surface area contributed by atoms with Crippen molar-refractivity contribution < 1.29 is 14.5 Å². The van der Waals surface area contributed by atoms with Crippen molar-refractivity contribution >= 4 is 40.1 Å². The highest BCUT2D eigenvalue weighted by atomic mass is 32.2. The molecule has 26 heavy (non-hydrogen) atoms. The molecule has 0 unspecified atom stereocenters. The number of hydrazone groups is 1. The van der Waals surface area contributed by atoms with Crippen LogP contribution in [0.2, 0.25) is 0 Å². The molecule has 2 heterocycles. The number of carbonyl (C=O) groups excluding carboxylic acids is 2. The number of nitrogens with zero attached hydrogens (tertiary/aromatic N) is 5. The zero-order valence-electron chi connectivity index (χ0n) is 14.1. The van der Waals surface area contributed by atoms with Crippen molar-refractivity contribution in [2.45, 2.75) is 31.7 Å². The standard InChI is InChI=1S/C16H15N5O4S/c1-3-12(22)19-9-17-14-16(19)26-15(18-20(14)13(23)4-2)10-5-7-11(8-6-10)21(24)25/h5-9H,3-4H2,1-2H3. The molecule has 1 amide bonds. The topological polar surface area (TPSA) is 111 Å². The maximum absolute atomic E-state index is 12.3. The molecular weight excluding hydrogens is 358 g/mol.